The van der Waals surface area contributed by atoms with Crippen LogP contribution in [0.1, 0.15) is 26.4 Å². The van der Waals surface area contributed by atoms with Gasteiger partial charge in [0.15, 0.2) is 5.76 Å². The number of rotatable bonds is 5. The number of hydrogen-bond donors (Lipinski definition) is 0. The number of allylic oxidation sites excluding steroid dienone is 1. The van der Waals surface area contributed by atoms with Gasteiger partial charge in [-0.3, -0.25) is 4.79 Å². The van der Waals surface area contributed by atoms with E-state index < -0.39 is 0 Å². The summed E-state index contributed by atoms with van der Waals surface area (Å²) in [7, 11) is 1.64. The van der Waals surface area contributed by atoms with Gasteiger partial charge in [-0.25, -0.2) is 0 Å². The number of methoxy groups -OCH3 is 1. The van der Waals surface area contributed by atoms with Crippen LogP contribution >= 0.6 is 11.3 Å². The first-order valence-corrected chi connectivity index (χ1v) is 9.40. The smallest absolute Gasteiger partial charge is 0.232 e. The molecular formula is C22H18O4S. The number of thiophene rings is 1. The van der Waals surface area contributed by atoms with Crippen molar-refractivity contribution in [1.29, 1.82) is 0 Å². The van der Waals surface area contributed by atoms with Gasteiger partial charge in [-0.15, -0.1) is 11.3 Å². The number of Topliss-reactive ketones (excluding diaryl/α,β-unsaturated/α-hetero) is 1. The maximum atomic E-state index is 12.6. The Labute approximate surface area is 161 Å². The maximum Gasteiger partial charge on any atom is 0.232 e. The molecule has 0 amide bonds. The van der Waals surface area contributed by atoms with Crippen molar-refractivity contribution in [3.63, 3.8) is 0 Å². The van der Waals surface area contributed by atoms with Crippen LogP contribution in [0, 0.1) is 6.92 Å². The summed E-state index contributed by atoms with van der Waals surface area (Å²) in [5, 5.41) is 2.00. The van der Waals surface area contributed by atoms with Crippen LogP contribution in [0.25, 0.3) is 6.08 Å². The van der Waals surface area contributed by atoms with Crippen molar-refractivity contribution < 1.29 is 19.0 Å². The fraction of sp³-hybridized carbons (Fsp3) is 0.136. The normalized spacial score (nSPS) is 14.1. The number of fused-ring (bicyclic) bond motifs is 1. The zero-order valence-electron chi connectivity index (χ0n) is 15.0. The lowest BCUT2D eigenvalue weighted by Crippen LogP contribution is -1.97. The highest BCUT2D eigenvalue weighted by Crippen LogP contribution is 2.35. The lowest BCUT2D eigenvalue weighted by atomic mass is 10.1. The average Bonchev–Trinajstić information content (AvgIpc) is 3.23. The van der Waals surface area contributed by atoms with Crippen LogP contribution in [0.4, 0.5) is 0 Å². The van der Waals surface area contributed by atoms with Crippen LogP contribution in [0.15, 0.2) is 59.7 Å². The molecule has 1 aliphatic rings. The van der Waals surface area contributed by atoms with Gasteiger partial charge >= 0.3 is 0 Å². The number of ether oxygens (including phenoxy) is 3. The molecule has 2 aromatic carbocycles. The lowest BCUT2D eigenvalue weighted by molar-refractivity contribution is 0.101. The monoisotopic (exact) mass is 378 g/mol. The fourth-order valence-corrected chi connectivity index (χ4v) is 3.69. The van der Waals surface area contributed by atoms with Gasteiger partial charge in [0.1, 0.15) is 23.9 Å². The van der Waals surface area contributed by atoms with Gasteiger partial charge in [-0.1, -0.05) is 12.1 Å². The largest absolute Gasteiger partial charge is 0.497 e. The van der Waals surface area contributed by atoms with E-state index in [0.717, 1.165) is 21.8 Å². The Morgan fingerprint density at radius 1 is 1.11 bits per heavy atom. The Hall–Kier alpha value is -3.05. The third-order valence-electron chi connectivity index (χ3n) is 4.34. The van der Waals surface area contributed by atoms with E-state index in [-0.39, 0.29) is 5.78 Å². The van der Waals surface area contributed by atoms with E-state index in [1.54, 1.807) is 42.7 Å². The maximum absolute atomic E-state index is 12.6. The van der Waals surface area contributed by atoms with Crippen molar-refractivity contribution in [3.05, 3.63) is 81.2 Å². The minimum atomic E-state index is -0.0999. The summed E-state index contributed by atoms with van der Waals surface area (Å²) >= 11 is 1.59. The molecule has 0 unspecified atom stereocenters. The molecular weight excluding hydrogens is 360 g/mol. The number of carbonyl (C=O) groups is 1. The van der Waals surface area contributed by atoms with E-state index in [1.807, 2.05) is 42.6 Å². The second-order valence-electron chi connectivity index (χ2n) is 6.21. The van der Waals surface area contributed by atoms with E-state index in [9.17, 15) is 4.79 Å². The van der Waals surface area contributed by atoms with Gasteiger partial charge in [0.05, 0.1) is 12.7 Å². The third-order valence-corrected chi connectivity index (χ3v) is 5.31. The quantitative estimate of drug-likeness (QED) is 0.568. The lowest BCUT2D eigenvalue weighted by Gasteiger charge is -2.08. The molecule has 0 saturated carbocycles. The molecule has 3 aromatic rings. The number of ketones is 1. The molecule has 27 heavy (non-hydrogen) atoms. The Kier molecular flexibility index (Phi) is 4.69. The Morgan fingerprint density at radius 2 is 2.00 bits per heavy atom. The minimum Gasteiger partial charge on any atom is -0.497 e. The van der Waals surface area contributed by atoms with Crippen molar-refractivity contribution in [2.45, 2.75) is 13.5 Å². The molecule has 2 heterocycles. The molecule has 0 aliphatic carbocycles. The van der Waals surface area contributed by atoms with Crippen LogP contribution in [0.3, 0.4) is 0 Å². The van der Waals surface area contributed by atoms with Crippen molar-refractivity contribution in [3.8, 4) is 17.2 Å². The van der Waals surface area contributed by atoms with Gasteiger partial charge in [-0.05, 0) is 53.8 Å². The van der Waals surface area contributed by atoms with Crippen molar-refractivity contribution in [1.82, 2.24) is 0 Å². The zero-order valence-corrected chi connectivity index (χ0v) is 15.8. The molecule has 0 fully saturated rings. The van der Waals surface area contributed by atoms with Crippen LogP contribution in [-0.2, 0) is 6.61 Å². The molecule has 0 N–H and O–H groups in total. The van der Waals surface area contributed by atoms with Crippen LogP contribution in [0.5, 0.6) is 17.2 Å². The molecule has 4 rings (SSSR count). The zero-order chi connectivity index (χ0) is 18.8. The van der Waals surface area contributed by atoms with Crippen molar-refractivity contribution in [2.75, 3.05) is 7.11 Å². The van der Waals surface area contributed by atoms with E-state index in [2.05, 4.69) is 0 Å². The standard InChI is InChI=1S/C22H18O4S/c1-14-8-9-27-21(14)12-20-22(23)18-7-6-17(11-19(18)26-20)25-13-15-4-3-5-16(10-15)24-2/h3-12H,13H2,1-2H3. The minimum absolute atomic E-state index is 0.0999. The molecule has 0 bridgehead atoms. The first-order valence-electron chi connectivity index (χ1n) is 8.52. The Balaban J connectivity index is 1.50. The van der Waals surface area contributed by atoms with E-state index in [0.29, 0.717) is 29.4 Å². The van der Waals surface area contributed by atoms with Crippen LogP contribution < -0.4 is 14.2 Å². The average molecular weight is 378 g/mol. The highest BCUT2D eigenvalue weighted by Gasteiger charge is 2.28. The first kappa shape index (κ1) is 17.4. The second-order valence-corrected chi connectivity index (χ2v) is 7.15. The van der Waals surface area contributed by atoms with E-state index in [1.165, 1.54) is 0 Å². The van der Waals surface area contributed by atoms with Crippen molar-refractivity contribution in [2.24, 2.45) is 0 Å². The Morgan fingerprint density at radius 3 is 2.78 bits per heavy atom. The number of benzene rings is 2. The SMILES string of the molecule is COc1cccc(COc2ccc3c(c2)OC(=Cc2sccc2C)C3=O)c1. The van der Waals surface area contributed by atoms with Gasteiger partial charge < -0.3 is 14.2 Å². The molecule has 0 radical (unpaired) electrons. The van der Waals surface area contributed by atoms with Gasteiger partial charge in [0.25, 0.3) is 0 Å². The summed E-state index contributed by atoms with van der Waals surface area (Å²) in [5.74, 6) is 2.22. The predicted octanol–water partition coefficient (Wildman–Crippen LogP) is 5.26. The molecule has 0 spiro atoms. The summed E-state index contributed by atoms with van der Waals surface area (Å²) < 4.78 is 16.9. The van der Waals surface area contributed by atoms with Gasteiger partial charge in [0, 0.05) is 17.0 Å². The molecule has 5 heteroatoms. The number of carbonyl (C=O) groups excluding carboxylic acids is 1. The first-order chi connectivity index (χ1) is 13.1. The summed E-state index contributed by atoms with van der Waals surface area (Å²) in [5.41, 5.74) is 2.69. The molecule has 0 atom stereocenters. The molecule has 1 aromatic heterocycles. The van der Waals surface area contributed by atoms with Crippen molar-refractivity contribution >= 4 is 23.2 Å². The third kappa shape index (κ3) is 3.59. The van der Waals surface area contributed by atoms with E-state index >= 15 is 0 Å². The van der Waals surface area contributed by atoms with Gasteiger partial charge in [0.2, 0.25) is 5.78 Å². The highest BCUT2D eigenvalue weighted by molar-refractivity contribution is 7.11. The number of aryl methyl sites for hydroxylation is 1. The fourth-order valence-electron chi connectivity index (χ4n) is 2.84. The molecule has 0 saturated heterocycles. The highest BCUT2D eigenvalue weighted by atomic mass is 32.1. The topological polar surface area (TPSA) is 44.8 Å². The molecule has 136 valence electrons. The second kappa shape index (κ2) is 7.29. The van der Waals surface area contributed by atoms with Crippen LogP contribution in [0.2, 0.25) is 0 Å². The Bertz CT molecular complexity index is 1030. The van der Waals surface area contributed by atoms with Crippen LogP contribution in [-0.4, -0.2) is 12.9 Å². The predicted molar refractivity (Wildman–Crippen MR) is 106 cm³/mol. The summed E-state index contributed by atoms with van der Waals surface area (Å²) in [6.07, 6.45) is 1.80. The summed E-state index contributed by atoms with van der Waals surface area (Å²) in [6, 6.07) is 15.0. The van der Waals surface area contributed by atoms with Gasteiger partial charge in [-0.2, -0.15) is 0 Å². The summed E-state index contributed by atoms with van der Waals surface area (Å²) in [6.45, 7) is 2.42. The number of hydrogen-bond acceptors (Lipinski definition) is 5. The molecule has 1 aliphatic heterocycles. The van der Waals surface area contributed by atoms with E-state index in [4.69, 9.17) is 14.2 Å². The summed E-state index contributed by atoms with van der Waals surface area (Å²) in [4.78, 5) is 13.6. The molecule has 4 nitrogen and oxygen atoms in total.